The maximum atomic E-state index is 12.3. The lowest BCUT2D eigenvalue weighted by Crippen LogP contribution is -2.46. The Morgan fingerprint density at radius 1 is 1.22 bits per heavy atom. The number of hydrogen-bond acceptors (Lipinski definition) is 5. The first kappa shape index (κ1) is 25.3. The van der Waals surface area contributed by atoms with E-state index in [2.05, 4.69) is 15.6 Å². The predicted molar refractivity (Wildman–Crippen MR) is 125 cm³/mol. The van der Waals surface area contributed by atoms with Gasteiger partial charge < -0.3 is 29.9 Å². The van der Waals surface area contributed by atoms with Gasteiger partial charge in [-0.1, -0.05) is 12.1 Å². The topological polar surface area (TPSA) is 95.5 Å². The number of guanidine groups is 1. The zero-order valence-electron chi connectivity index (χ0n) is 20.1. The minimum absolute atomic E-state index is 0.0317. The lowest BCUT2D eigenvalue weighted by Gasteiger charge is -2.24. The Hall–Kier alpha value is -2.97. The van der Waals surface area contributed by atoms with E-state index in [4.69, 9.17) is 9.47 Å². The molecule has 0 aromatic heterocycles. The summed E-state index contributed by atoms with van der Waals surface area (Å²) in [6.07, 6.45) is 1.26. The monoisotopic (exact) mass is 447 g/mol. The summed E-state index contributed by atoms with van der Waals surface area (Å²) >= 11 is 0. The summed E-state index contributed by atoms with van der Waals surface area (Å²) in [6, 6.07) is 7.94. The van der Waals surface area contributed by atoms with Crippen molar-refractivity contribution in [1.82, 2.24) is 20.4 Å². The Morgan fingerprint density at radius 3 is 2.50 bits per heavy atom. The first-order valence-electron chi connectivity index (χ1n) is 10.9. The third-order valence-electron chi connectivity index (χ3n) is 4.92. The average Bonchev–Trinajstić information content (AvgIpc) is 3.19. The quantitative estimate of drug-likeness (QED) is 0.489. The van der Waals surface area contributed by atoms with E-state index in [9.17, 15) is 9.59 Å². The molecule has 0 saturated carbocycles. The molecule has 1 unspecified atom stereocenters. The van der Waals surface area contributed by atoms with Crippen LogP contribution in [0.1, 0.15) is 32.8 Å². The second-order valence-corrected chi connectivity index (χ2v) is 9.03. The smallest absolute Gasteiger partial charge is 0.410 e. The maximum absolute atomic E-state index is 12.3. The largest absolute Gasteiger partial charge is 0.497 e. The van der Waals surface area contributed by atoms with Crippen molar-refractivity contribution >= 4 is 18.0 Å². The van der Waals surface area contributed by atoms with Crippen molar-refractivity contribution in [2.45, 2.75) is 45.3 Å². The summed E-state index contributed by atoms with van der Waals surface area (Å²) < 4.78 is 10.7. The number of likely N-dealkylation sites (N-methyl/N-ethyl adjacent to an activating group) is 1. The normalized spacial score (nSPS) is 16.5. The molecule has 1 atom stereocenters. The van der Waals surface area contributed by atoms with Gasteiger partial charge in [0.2, 0.25) is 5.91 Å². The summed E-state index contributed by atoms with van der Waals surface area (Å²) in [7, 11) is 5.06. The lowest BCUT2D eigenvalue weighted by molar-refractivity contribution is -0.127. The van der Waals surface area contributed by atoms with Crippen LogP contribution in [0.15, 0.2) is 29.3 Å². The Kier molecular flexibility index (Phi) is 9.16. The van der Waals surface area contributed by atoms with E-state index >= 15 is 0 Å². The highest BCUT2D eigenvalue weighted by molar-refractivity contribution is 5.85. The van der Waals surface area contributed by atoms with Crippen LogP contribution in [0.2, 0.25) is 0 Å². The average molecular weight is 448 g/mol. The zero-order valence-corrected chi connectivity index (χ0v) is 20.1. The molecule has 0 bridgehead atoms. The first-order valence-corrected chi connectivity index (χ1v) is 10.9. The van der Waals surface area contributed by atoms with Gasteiger partial charge in [-0.05, 0) is 51.3 Å². The van der Waals surface area contributed by atoms with E-state index < -0.39 is 5.60 Å². The molecule has 178 valence electrons. The molecule has 1 saturated heterocycles. The molecule has 1 fully saturated rings. The second-order valence-electron chi connectivity index (χ2n) is 9.03. The number of carbonyl (C=O) groups excluding carboxylic acids is 2. The predicted octanol–water partition coefficient (Wildman–Crippen LogP) is 1.87. The van der Waals surface area contributed by atoms with Crippen LogP contribution >= 0.6 is 0 Å². The minimum Gasteiger partial charge on any atom is -0.497 e. The van der Waals surface area contributed by atoms with Crippen LogP contribution in [0.5, 0.6) is 5.75 Å². The van der Waals surface area contributed by atoms with Crippen LogP contribution in [-0.2, 0) is 16.0 Å². The van der Waals surface area contributed by atoms with E-state index in [1.54, 1.807) is 26.1 Å². The number of benzene rings is 1. The standard InChI is InChI=1S/C23H37N5O4/c1-23(2,3)32-22(30)28-14-12-18(16-28)26-21(25-15-20(29)27(4)5)24-13-11-17-7-9-19(31-6)10-8-17/h7-10,18H,11-16H2,1-6H3,(H2,24,25,26). The Morgan fingerprint density at radius 2 is 1.91 bits per heavy atom. The fourth-order valence-electron chi connectivity index (χ4n) is 3.12. The van der Waals surface area contributed by atoms with Gasteiger partial charge in [-0.25, -0.2) is 9.79 Å². The van der Waals surface area contributed by atoms with Crippen molar-refractivity contribution < 1.29 is 19.1 Å². The number of nitrogens with one attached hydrogen (secondary N) is 2. The molecule has 1 aliphatic rings. The van der Waals surface area contributed by atoms with Gasteiger partial charge in [0.1, 0.15) is 17.9 Å². The molecule has 2 rings (SSSR count). The molecule has 9 nitrogen and oxygen atoms in total. The van der Waals surface area contributed by atoms with Crippen molar-refractivity contribution in [2.75, 3.05) is 47.4 Å². The van der Waals surface area contributed by atoms with E-state index in [1.165, 1.54) is 10.5 Å². The molecular formula is C23H37N5O4. The van der Waals surface area contributed by atoms with E-state index in [1.807, 2.05) is 45.0 Å². The summed E-state index contributed by atoms with van der Waals surface area (Å²) in [5.41, 5.74) is 0.643. The van der Waals surface area contributed by atoms with Crippen LogP contribution in [0, 0.1) is 0 Å². The first-order chi connectivity index (χ1) is 15.1. The molecule has 32 heavy (non-hydrogen) atoms. The molecule has 0 aliphatic carbocycles. The molecule has 0 radical (unpaired) electrons. The number of carbonyl (C=O) groups is 2. The number of methoxy groups -OCH3 is 1. The Balaban J connectivity index is 1.93. The minimum atomic E-state index is -0.523. The van der Waals surface area contributed by atoms with Crippen LogP contribution < -0.4 is 15.4 Å². The number of likely N-dealkylation sites (tertiary alicyclic amines) is 1. The SMILES string of the molecule is COc1ccc(CCNC(=NCC(=O)N(C)C)NC2CCN(C(=O)OC(C)(C)C)C2)cc1. The van der Waals surface area contributed by atoms with Gasteiger partial charge in [0, 0.05) is 39.8 Å². The number of aliphatic imine (C=N–C) groups is 1. The van der Waals surface area contributed by atoms with Crippen LogP contribution in [0.25, 0.3) is 0 Å². The highest BCUT2D eigenvalue weighted by atomic mass is 16.6. The zero-order chi connectivity index (χ0) is 23.7. The molecule has 1 aliphatic heterocycles. The third kappa shape index (κ3) is 8.64. The lowest BCUT2D eigenvalue weighted by atomic mass is 10.1. The number of ether oxygens (including phenoxy) is 2. The summed E-state index contributed by atoms with van der Waals surface area (Å²) in [5, 5.41) is 6.66. The molecule has 1 heterocycles. The van der Waals surface area contributed by atoms with Crippen molar-refractivity contribution in [2.24, 2.45) is 4.99 Å². The Bertz CT molecular complexity index is 787. The molecule has 9 heteroatoms. The molecule has 2 N–H and O–H groups in total. The second kappa shape index (κ2) is 11.6. The van der Waals surface area contributed by atoms with Gasteiger partial charge >= 0.3 is 6.09 Å². The van der Waals surface area contributed by atoms with Gasteiger partial charge in [-0.2, -0.15) is 0 Å². The van der Waals surface area contributed by atoms with Crippen molar-refractivity contribution in [3.8, 4) is 5.75 Å². The summed E-state index contributed by atoms with van der Waals surface area (Å²) in [6.45, 7) is 7.41. The number of hydrogen-bond donors (Lipinski definition) is 2. The number of rotatable bonds is 7. The molecule has 2 amide bonds. The van der Waals surface area contributed by atoms with Gasteiger partial charge in [0.15, 0.2) is 5.96 Å². The van der Waals surface area contributed by atoms with Gasteiger partial charge in [-0.15, -0.1) is 0 Å². The highest BCUT2D eigenvalue weighted by Gasteiger charge is 2.30. The number of nitrogens with zero attached hydrogens (tertiary/aromatic N) is 3. The van der Waals surface area contributed by atoms with Gasteiger partial charge in [0.05, 0.1) is 7.11 Å². The van der Waals surface area contributed by atoms with E-state index in [0.29, 0.717) is 25.6 Å². The third-order valence-corrected chi connectivity index (χ3v) is 4.92. The summed E-state index contributed by atoms with van der Waals surface area (Å²) in [4.78, 5) is 32.0. The molecule has 0 spiro atoms. The van der Waals surface area contributed by atoms with Crippen LogP contribution in [0.3, 0.4) is 0 Å². The molecule has 1 aromatic rings. The van der Waals surface area contributed by atoms with Gasteiger partial charge in [-0.3, -0.25) is 4.79 Å². The fourth-order valence-corrected chi connectivity index (χ4v) is 3.12. The van der Waals surface area contributed by atoms with E-state index in [0.717, 1.165) is 18.6 Å². The van der Waals surface area contributed by atoms with Crippen molar-refractivity contribution in [3.05, 3.63) is 29.8 Å². The summed E-state index contributed by atoms with van der Waals surface area (Å²) in [5.74, 6) is 1.30. The molecular weight excluding hydrogens is 410 g/mol. The maximum Gasteiger partial charge on any atom is 0.410 e. The van der Waals surface area contributed by atoms with Crippen LogP contribution in [0.4, 0.5) is 4.79 Å². The number of amides is 2. The highest BCUT2D eigenvalue weighted by Crippen LogP contribution is 2.15. The van der Waals surface area contributed by atoms with Crippen LogP contribution in [-0.4, -0.2) is 86.8 Å². The van der Waals surface area contributed by atoms with Crippen molar-refractivity contribution in [3.63, 3.8) is 0 Å². The van der Waals surface area contributed by atoms with E-state index in [-0.39, 0.29) is 24.6 Å². The fraction of sp³-hybridized carbons (Fsp3) is 0.609. The Labute approximate surface area is 191 Å². The van der Waals surface area contributed by atoms with Gasteiger partial charge in [0.25, 0.3) is 0 Å². The van der Waals surface area contributed by atoms with Crippen molar-refractivity contribution in [1.29, 1.82) is 0 Å². The molecule has 1 aromatic carbocycles.